The second-order valence-electron chi connectivity index (χ2n) is 5.96. The maximum absolute atomic E-state index is 12.2. The molecule has 1 heterocycles. The van der Waals surface area contributed by atoms with Crippen LogP contribution < -0.4 is 10.3 Å². The Bertz CT molecular complexity index is 1030. The second kappa shape index (κ2) is 7.74. The molecule has 1 aromatic heterocycles. The Labute approximate surface area is 155 Å². The van der Waals surface area contributed by atoms with Crippen molar-refractivity contribution in [1.82, 2.24) is 9.78 Å². The highest BCUT2D eigenvalue weighted by Crippen LogP contribution is 2.18. The van der Waals surface area contributed by atoms with E-state index in [1.807, 2.05) is 6.07 Å². The predicted molar refractivity (Wildman–Crippen MR) is 102 cm³/mol. The highest BCUT2D eigenvalue weighted by atomic mass is 16.4. The summed E-state index contributed by atoms with van der Waals surface area (Å²) >= 11 is 0. The Morgan fingerprint density at radius 2 is 1.93 bits per heavy atom. The number of carboxylic acid groups (broad SMARTS) is 1. The number of amides is 1. The van der Waals surface area contributed by atoms with Crippen molar-refractivity contribution >= 4 is 11.8 Å². The van der Waals surface area contributed by atoms with Gasteiger partial charge in [-0.1, -0.05) is 18.2 Å². The first-order valence-corrected chi connectivity index (χ1v) is 8.45. The Balaban J connectivity index is 1.93. The molecule has 2 N–H and O–H groups in total. The van der Waals surface area contributed by atoms with E-state index in [0.29, 0.717) is 23.6 Å². The monoisotopic (exact) mass is 365 g/mol. The summed E-state index contributed by atoms with van der Waals surface area (Å²) in [5, 5.41) is 23.3. The number of carbonyl (C=O) groups is 1. The maximum atomic E-state index is 12.2. The Kier molecular flexibility index (Phi) is 5.21. The zero-order valence-electron chi connectivity index (χ0n) is 14.7. The Morgan fingerprint density at radius 1 is 1.15 bits per heavy atom. The molecule has 7 heteroatoms. The number of hydrogen-bond donors (Lipinski definition) is 2. The number of nitrogens with zero attached hydrogens (tertiary/aromatic N) is 3. The molecule has 0 spiro atoms. The minimum atomic E-state index is -1.03. The summed E-state index contributed by atoms with van der Waals surface area (Å²) in [5.41, 5.74) is 2.09. The molecule has 0 unspecified atom stereocenters. The second-order valence-corrected chi connectivity index (χ2v) is 5.96. The van der Waals surface area contributed by atoms with E-state index in [1.165, 1.54) is 15.6 Å². The van der Waals surface area contributed by atoms with Gasteiger partial charge in [0.15, 0.2) is 0 Å². The van der Waals surface area contributed by atoms with Crippen molar-refractivity contribution in [3.05, 3.63) is 82.3 Å². The number of hydrogen-bond acceptors (Lipinski definition) is 4. The van der Waals surface area contributed by atoms with Gasteiger partial charge in [0, 0.05) is 37.0 Å². The lowest BCUT2D eigenvalue weighted by Crippen LogP contribution is -2.28. The number of anilines is 1. The highest BCUT2D eigenvalue weighted by molar-refractivity contribution is 5.86. The van der Waals surface area contributed by atoms with Gasteiger partial charge in [-0.3, -0.25) is 9.69 Å². The number of aromatic nitrogens is 2. The molecule has 0 bridgehead atoms. The molecule has 0 radical (unpaired) electrons. The third-order valence-corrected chi connectivity index (χ3v) is 4.12. The van der Waals surface area contributed by atoms with Gasteiger partial charge in [-0.2, -0.15) is 5.10 Å². The molecular weight excluding hydrogens is 346 g/mol. The summed E-state index contributed by atoms with van der Waals surface area (Å²) < 4.78 is 1.52. The molecule has 27 heavy (non-hydrogen) atoms. The van der Waals surface area contributed by atoms with Gasteiger partial charge in [0.2, 0.25) is 5.43 Å². The van der Waals surface area contributed by atoms with Crippen LogP contribution in [0.25, 0.3) is 5.69 Å². The summed E-state index contributed by atoms with van der Waals surface area (Å²) in [4.78, 5) is 24.8. The van der Waals surface area contributed by atoms with E-state index >= 15 is 0 Å². The smallest absolute Gasteiger partial charge is 0.411 e. The summed E-state index contributed by atoms with van der Waals surface area (Å²) in [7, 11) is 0. The fourth-order valence-electron chi connectivity index (χ4n) is 2.80. The van der Waals surface area contributed by atoms with E-state index in [9.17, 15) is 19.8 Å². The van der Waals surface area contributed by atoms with E-state index in [4.69, 9.17) is 0 Å². The SMILES string of the molecule is CCN(C(=O)O)c1cccc(Cc2nn(-c3cccc(O)c3)ccc2=O)c1. The molecule has 3 aromatic rings. The van der Waals surface area contributed by atoms with E-state index in [1.54, 1.807) is 55.6 Å². The minimum Gasteiger partial charge on any atom is -0.508 e. The Morgan fingerprint density at radius 3 is 2.63 bits per heavy atom. The van der Waals surface area contributed by atoms with Gasteiger partial charge in [-0.05, 0) is 36.8 Å². The van der Waals surface area contributed by atoms with Crippen LogP contribution in [0.3, 0.4) is 0 Å². The van der Waals surface area contributed by atoms with Crippen molar-refractivity contribution in [3.63, 3.8) is 0 Å². The van der Waals surface area contributed by atoms with E-state index in [0.717, 1.165) is 5.56 Å². The van der Waals surface area contributed by atoms with Crippen molar-refractivity contribution in [2.75, 3.05) is 11.4 Å². The third kappa shape index (κ3) is 4.14. The molecule has 0 saturated carbocycles. The molecule has 138 valence electrons. The lowest BCUT2D eigenvalue weighted by molar-refractivity contribution is 0.202. The van der Waals surface area contributed by atoms with Crippen molar-refractivity contribution in [2.45, 2.75) is 13.3 Å². The molecule has 0 aliphatic carbocycles. The molecule has 7 nitrogen and oxygen atoms in total. The average molecular weight is 365 g/mol. The first-order chi connectivity index (χ1) is 13.0. The van der Waals surface area contributed by atoms with Crippen molar-refractivity contribution in [1.29, 1.82) is 0 Å². The lowest BCUT2D eigenvalue weighted by atomic mass is 10.1. The average Bonchev–Trinajstić information content (AvgIpc) is 2.64. The molecule has 0 atom stereocenters. The summed E-state index contributed by atoms with van der Waals surface area (Å²) in [6.07, 6.45) is 0.780. The van der Waals surface area contributed by atoms with Crippen molar-refractivity contribution < 1.29 is 15.0 Å². The number of phenolic OH excluding ortho intramolecular Hbond substituents is 1. The number of aromatic hydroxyl groups is 1. The van der Waals surface area contributed by atoms with Crippen molar-refractivity contribution in [2.24, 2.45) is 0 Å². The molecule has 0 aliphatic rings. The van der Waals surface area contributed by atoms with Gasteiger partial charge in [0.05, 0.1) is 5.69 Å². The van der Waals surface area contributed by atoms with E-state index in [-0.39, 0.29) is 17.6 Å². The topological polar surface area (TPSA) is 95.7 Å². The quantitative estimate of drug-likeness (QED) is 0.725. The standard InChI is InChI=1S/C20H19N3O4/c1-2-22(20(26)27)15-6-3-5-14(11-15)12-18-19(25)9-10-23(21-18)16-7-4-8-17(24)13-16/h3-11,13,24H,2,12H2,1H3,(H,26,27). The molecule has 0 saturated heterocycles. The van der Waals surface area contributed by atoms with Gasteiger partial charge < -0.3 is 10.2 Å². The molecule has 3 rings (SSSR count). The van der Waals surface area contributed by atoms with Crippen molar-refractivity contribution in [3.8, 4) is 11.4 Å². The largest absolute Gasteiger partial charge is 0.508 e. The molecular formula is C20H19N3O4. The number of benzene rings is 2. The maximum Gasteiger partial charge on any atom is 0.411 e. The summed E-state index contributed by atoms with van der Waals surface area (Å²) in [5.74, 6) is 0.107. The first kappa shape index (κ1) is 18.2. The van der Waals surface area contributed by atoms with Gasteiger partial charge in [0.25, 0.3) is 0 Å². The van der Waals surface area contributed by atoms with Gasteiger partial charge in [-0.15, -0.1) is 0 Å². The molecule has 1 amide bonds. The first-order valence-electron chi connectivity index (χ1n) is 8.45. The van der Waals surface area contributed by atoms with Gasteiger partial charge >= 0.3 is 6.09 Å². The predicted octanol–water partition coefficient (Wildman–Crippen LogP) is 3.03. The number of phenols is 1. The van der Waals surface area contributed by atoms with Crippen LogP contribution in [-0.4, -0.2) is 32.6 Å². The van der Waals surface area contributed by atoms with Crippen LogP contribution >= 0.6 is 0 Å². The third-order valence-electron chi connectivity index (χ3n) is 4.12. The fourth-order valence-corrected chi connectivity index (χ4v) is 2.80. The van der Waals surface area contributed by atoms with Crippen LogP contribution in [0.2, 0.25) is 0 Å². The van der Waals surface area contributed by atoms with Crippen LogP contribution in [0.5, 0.6) is 5.75 Å². The van der Waals surface area contributed by atoms with Gasteiger partial charge in [0.1, 0.15) is 11.4 Å². The molecule has 2 aromatic carbocycles. The van der Waals surface area contributed by atoms with Crippen LogP contribution in [-0.2, 0) is 6.42 Å². The van der Waals surface area contributed by atoms with Crippen LogP contribution in [0.1, 0.15) is 18.2 Å². The van der Waals surface area contributed by atoms with E-state index < -0.39 is 6.09 Å². The fraction of sp³-hybridized carbons (Fsp3) is 0.150. The molecule has 0 aliphatic heterocycles. The molecule has 0 fully saturated rings. The van der Waals surface area contributed by atoms with Crippen LogP contribution in [0, 0.1) is 0 Å². The summed E-state index contributed by atoms with van der Waals surface area (Å²) in [6.45, 7) is 2.08. The van der Waals surface area contributed by atoms with Crippen LogP contribution in [0.15, 0.2) is 65.6 Å². The Hall–Kier alpha value is -3.61. The zero-order chi connectivity index (χ0) is 19.4. The summed E-state index contributed by atoms with van der Waals surface area (Å²) in [6, 6.07) is 15.0. The highest BCUT2D eigenvalue weighted by Gasteiger charge is 2.13. The van der Waals surface area contributed by atoms with Crippen LogP contribution in [0.4, 0.5) is 10.5 Å². The number of rotatable bonds is 5. The minimum absolute atomic E-state index is 0.107. The normalized spacial score (nSPS) is 10.6. The lowest BCUT2D eigenvalue weighted by Gasteiger charge is -2.17. The zero-order valence-corrected chi connectivity index (χ0v) is 14.7. The van der Waals surface area contributed by atoms with E-state index in [2.05, 4.69) is 5.10 Å². The van der Waals surface area contributed by atoms with Gasteiger partial charge in [-0.25, -0.2) is 9.48 Å².